The van der Waals surface area contributed by atoms with E-state index in [4.69, 9.17) is 0 Å². The Bertz CT molecular complexity index is 284. The Morgan fingerprint density at radius 2 is 1.87 bits per heavy atom. The van der Waals surface area contributed by atoms with Crippen molar-refractivity contribution in [2.75, 3.05) is 7.11 Å². The summed E-state index contributed by atoms with van der Waals surface area (Å²) < 4.78 is 4.65. The van der Waals surface area contributed by atoms with Gasteiger partial charge in [-0.25, -0.2) is 4.79 Å². The van der Waals surface area contributed by atoms with Gasteiger partial charge in [0.25, 0.3) is 0 Å². The number of methoxy groups -OCH3 is 1. The number of allylic oxidation sites excluding steroid dienone is 3. The van der Waals surface area contributed by atoms with Gasteiger partial charge in [-0.1, -0.05) is 31.1 Å². The molecule has 1 aliphatic rings. The largest absolute Gasteiger partial charge is 0.466 e. The van der Waals surface area contributed by atoms with E-state index < -0.39 is 0 Å². The van der Waals surface area contributed by atoms with Crippen molar-refractivity contribution in [3.8, 4) is 0 Å². The van der Waals surface area contributed by atoms with Crippen molar-refractivity contribution in [2.24, 2.45) is 11.8 Å². The molecule has 0 aromatic heterocycles. The van der Waals surface area contributed by atoms with Gasteiger partial charge in [0, 0.05) is 6.08 Å². The number of ether oxygens (including phenoxy) is 1. The Morgan fingerprint density at radius 3 is 2.27 bits per heavy atom. The van der Waals surface area contributed by atoms with Crippen molar-refractivity contribution >= 4 is 5.97 Å². The van der Waals surface area contributed by atoms with E-state index >= 15 is 0 Å². The van der Waals surface area contributed by atoms with Crippen LogP contribution in [0.1, 0.15) is 33.6 Å². The highest BCUT2D eigenvalue weighted by Gasteiger charge is 2.23. The first-order valence-corrected chi connectivity index (χ1v) is 5.52. The molecule has 0 spiro atoms. The van der Waals surface area contributed by atoms with Crippen LogP contribution >= 0.6 is 0 Å². The van der Waals surface area contributed by atoms with Crippen molar-refractivity contribution in [3.63, 3.8) is 0 Å². The van der Waals surface area contributed by atoms with Crippen molar-refractivity contribution in [3.05, 3.63) is 23.3 Å². The third-order valence-electron chi connectivity index (χ3n) is 3.13. The summed E-state index contributed by atoms with van der Waals surface area (Å²) in [4.78, 5) is 11.1. The van der Waals surface area contributed by atoms with Gasteiger partial charge in [-0.05, 0) is 31.6 Å². The summed E-state index contributed by atoms with van der Waals surface area (Å²) >= 11 is 0. The van der Waals surface area contributed by atoms with Crippen LogP contribution in [0.25, 0.3) is 0 Å². The standard InChI is InChI=1S/C13H20O2/c1-5-12-9(2)6-11(7-10(12)3)8-13(14)15-4/h5,8-10H,6-7H2,1-4H3/t9-,10-/m1/s1. The van der Waals surface area contributed by atoms with Crippen LogP contribution in [0.15, 0.2) is 23.3 Å². The summed E-state index contributed by atoms with van der Waals surface area (Å²) in [5.41, 5.74) is 2.73. The SMILES string of the molecule is CC=C1[C@H](C)CC(=CC(=O)OC)C[C@H]1C. The zero-order valence-electron chi connectivity index (χ0n) is 10.0. The number of rotatable bonds is 1. The summed E-state index contributed by atoms with van der Waals surface area (Å²) in [6.07, 6.45) is 5.84. The molecule has 15 heavy (non-hydrogen) atoms. The molecule has 0 amide bonds. The number of hydrogen-bond donors (Lipinski definition) is 0. The normalized spacial score (nSPS) is 26.1. The van der Waals surface area contributed by atoms with Gasteiger partial charge >= 0.3 is 5.97 Å². The van der Waals surface area contributed by atoms with Crippen molar-refractivity contribution in [1.82, 2.24) is 0 Å². The molecule has 0 bridgehead atoms. The second-order valence-electron chi connectivity index (χ2n) is 4.32. The number of carbonyl (C=O) groups excluding carboxylic acids is 1. The first-order chi connectivity index (χ1) is 7.08. The van der Waals surface area contributed by atoms with Crippen LogP contribution in [0, 0.1) is 11.8 Å². The molecule has 2 nitrogen and oxygen atoms in total. The van der Waals surface area contributed by atoms with Gasteiger partial charge < -0.3 is 4.74 Å². The molecule has 0 radical (unpaired) electrons. The highest BCUT2D eigenvalue weighted by atomic mass is 16.5. The van der Waals surface area contributed by atoms with Gasteiger partial charge in [-0.2, -0.15) is 0 Å². The van der Waals surface area contributed by atoms with E-state index in [1.807, 2.05) is 0 Å². The molecule has 2 heteroatoms. The molecule has 84 valence electrons. The van der Waals surface area contributed by atoms with Crippen molar-refractivity contribution in [1.29, 1.82) is 0 Å². The Kier molecular flexibility index (Phi) is 4.13. The minimum atomic E-state index is -0.228. The van der Waals surface area contributed by atoms with E-state index in [2.05, 4.69) is 31.6 Å². The molecular formula is C13H20O2. The Balaban J connectivity index is 2.77. The lowest BCUT2D eigenvalue weighted by Crippen LogP contribution is -2.17. The summed E-state index contributed by atoms with van der Waals surface area (Å²) in [7, 11) is 1.42. The van der Waals surface area contributed by atoms with Gasteiger partial charge in [0.05, 0.1) is 7.11 Å². The molecule has 1 fully saturated rings. The Labute approximate surface area is 92.0 Å². The summed E-state index contributed by atoms with van der Waals surface area (Å²) in [5, 5.41) is 0. The monoisotopic (exact) mass is 208 g/mol. The summed E-state index contributed by atoms with van der Waals surface area (Å²) in [6, 6.07) is 0. The van der Waals surface area contributed by atoms with E-state index in [1.165, 1.54) is 18.3 Å². The topological polar surface area (TPSA) is 26.3 Å². The number of esters is 1. The maximum Gasteiger partial charge on any atom is 0.330 e. The van der Waals surface area contributed by atoms with Crippen LogP contribution in [0.4, 0.5) is 0 Å². The molecule has 0 aromatic rings. The maximum absolute atomic E-state index is 11.1. The second-order valence-corrected chi connectivity index (χ2v) is 4.32. The lowest BCUT2D eigenvalue weighted by Gasteiger charge is -2.30. The Morgan fingerprint density at radius 1 is 1.33 bits per heavy atom. The average Bonchev–Trinajstić information content (AvgIpc) is 2.17. The fraction of sp³-hybridized carbons (Fsp3) is 0.615. The minimum absolute atomic E-state index is 0.228. The van der Waals surface area contributed by atoms with E-state index in [0.717, 1.165) is 12.8 Å². The first kappa shape index (κ1) is 12.0. The smallest absolute Gasteiger partial charge is 0.330 e. The van der Waals surface area contributed by atoms with E-state index in [1.54, 1.807) is 6.08 Å². The number of carbonyl (C=O) groups is 1. The number of hydrogen-bond acceptors (Lipinski definition) is 2. The van der Waals surface area contributed by atoms with Crippen molar-refractivity contribution in [2.45, 2.75) is 33.6 Å². The summed E-state index contributed by atoms with van der Waals surface area (Å²) in [5.74, 6) is 0.873. The fourth-order valence-corrected chi connectivity index (χ4v) is 2.50. The van der Waals surface area contributed by atoms with Gasteiger partial charge in [0.2, 0.25) is 0 Å². The minimum Gasteiger partial charge on any atom is -0.466 e. The zero-order chi connectivity index (χ0) is 11.4. The van der Waals surface area contributed by atoms with E-state index in [9.17, 15) is 4.79 Å². The quantitative estimate of drug-likeness (QED) is 0.376. The second kappa shape index (κ2) is 5.15. The molecule has 0 saturated heterocycles. The zero-order valence-corrected chi connectivity index (χ0v) is 10.0. The van der Waals surface area contributed by atoms with Gasteiger partial charge in [-0.15, -0.1) is 0 Å². The van der Waals surface area contributed by atoms with Gasteiger partial charge in [-0.3, -0.25) is 0 Å². The van der Waals surface area contributed by atoms with Gasteiger partial charge in [0.1, 0.15) is 0 Å². The maximum atomic E-state index is 11.1. The molecule has 1 aliphatic carbocycles. The van der Waals surface area contributed by atoms with Crippen LogP contribution in [0.5, 0.6) is 0 Å². The summed E-state index contributed by atoms with van der Waals surface area (Å²) in [6.45, 7) is 6.53. The molecule has 0 aliphatic heterocycles. The molecule has 0 heterocycles. The average molecular weight is 208 g/mol. The van der Waals surface area contributed by atoms with Crippen LogP contribution in [-0.2, 0) is 9.53 Å². The fourth-order valence-electron chi connectivity index (χ4n) is 2.50. The molecule has 1 rings (SSSR count). The van der Waals surface area contributed by atoms with Crippen molar-refractivity contribution < 1.29 is 9.53 Å². The molecule has 0 aromatic carbocycles. The van der Waals surface area contributed by atoms with Crippen LogP contribution in [0.3, 0.4) is 0 Å². The van der Waals surface area contributed by atoms with Gasteiger partial charge in [0.15, 0.2) is 0 Å². The van der Waals surface area contributed by atoms with Crippen LogP contribution in [0.2, 0.25) is 0 Å². The lowest BCUT2D eigenvalue weighted by molar-refractivity contribution is -0.134. The van der Waals surface area contributed by atoms with Crippen LogP contribution < -0.4 is 0 Å². The molecule has 0 N–H and O–H groups in total. The molecule has 0 unspecified atom stereocenters. The highest BCUT2D eigenvalue weighted by Crippen LogP contribution is 2.36. The third-order valence-corrected chi connectivity index (χ3v) is 3.13. The Hall–Kier alpha value is -1.05. The highest BCUT2D eigenvalue weighted by molar-refractivity contribution is 5.82. The first-order valence-electron chi connectivity index (χ1n) is 5.52. The lowest BCUT2D eigenvalue weighted by atomic mass is 9.76. The van der Waals surface area contributed by atoms with E-state index in [0.29, 0.717) is 11.8 Å². The molecule has 2 atom stereocenters. The molecule has 1 saturated carbocycles. The predicted octanol–water partition coefficient (Wildman–Crippen LogP) is 3.10. The van der Waals surface area contributed by atoms with E-state index in [-0.39, 0.29) is 5.97 Å². The molecular weight excluding hydrogens is 188 g/mol. The van der Waals surface area contributed by atoms with Crippen LogP contribution in [-0.4, -0.2) is 13.1 Å². The third kappa shape index (κ3) is 2.95. The predicted molar refractivity (Wildman–Crippen MR) is 61.4 cm³/mol.